The molecule has 2 saturated carbocycles. The maximum Gasteiger partial charge on any atom is 0.348 e. The molecular formula is C25H34O4S2. The Labute approximate surface area is 193 Å². The topological polar surface area (TPSA) is 52.6 Å². The zero-order valence-electron chi connectivity index (χ0n) is 18.7. The van der Waals surface area contributed by atoms with Crippen LogP contribution in [0.15, 0.2) is 12.1 Å². The lowest BCUT2D eigenvalue weighted by Gasteiger charge is -2.37. The van der Waals surface area contributed by atoms with Crippen molar-refractivity contribution in [3.8, 4) is 0 Å². The first-order chi connectivity index (χ1) is 15.1. The molecule has 4 nitrogen and oxygen atoms in total. The fraction of sp³-hybridized carbons (Fsp3) is 0.680. The highest BCUT2D eigenvalue weighted by atomic mass is 32.1. The molecule has 0 unspecified atom stereocenters. The zero-order chi connectivity index (χ0) is 21.8. The van der Waals surface area contributed by atoms with Gasteiger partial charge in [0, 0.05) is 20.7 Å². The molecule has 2 aliphatic rings. The predicted molar refractivity (Wildman–Crippen MR) is 127 cm³/mol. The average Bonchev–Trinajstić information content (AvgIpc) is 3.34. The molecule has 0 amide bonds. The maximum absolute atomic E-state index is 12.7. The Morgan fingerprint density at radius 2 is 1.42 bits per heavy atom. The Morgan fingerprint density at radius 3 is 1.97 bits per heavy atom. The maximum atomic E-state index is 12.7. The molecule has 0 spiro atoms. The van der Waals surface area contributed by atoms with Crippen LogP contribution in [0.5, 0.6) is 0 Å². The number of carbonyl (C=O) groups excluding carboxylic acids is 2. The summed E-state index contributed by atoms with van der Waals surface area (Å²) in [5.41, 5.74) is 0. The molecule has 31 heavy (non-hydrogen) atoms. The molecule has 2 fully saturated rings. The number of rotatable bonds is 7. The quantitative estimate of drug-likeness (QED) is 0.410. The number of thiophene rings is 2. The molecule has 0 atom stereocenters. The van der Waals surface area contributed by atoms with Crippen LogP contribution in [0.4, 0.5) is 0 Å². The lowest BCUT2D eigenvalue weighted by Crippen LogP contribution is -2.31. The number of fused-ring (bicyclic) bond motifs is 1. The summed E-state index contributed by atoms with van der Waals surface area (Å²) in [4.78, 5) is 26.3. The minimum absolute atomic E-state index is 0.0568. The summed E-state index contributed by atoms with van der Waals surface area (Å²) < 4.78 is 13.8. The van der Waals surface area contributed by atoms with Crippen LogP contribution in [-0.2, 0) is 20.7 Å². The van der Waals surface area contributed by atoms with E-state index in [2.05, 4.69) is 13.0 Å². The summed E-state index contributed by atoms with van der Waals surface area (Å²) in [5.74, 6) is 1.24. The van der Waals surface area contributed by atoms with Gasteiger partial charge in [0.15, 0.2) is 0 Å². The van der Waals surface area contributed by atoms with E-state index in [1.807, 2.05) is 13.0 Å². The number of hydrogen-bond acceptors (Lipinski definition) is 6. The molecule has 2 aromatic heterocycles. The van der Waals surface area contributed by atoms with Crippen molar-refractivity contribution in [2.75, 3.05) is 0 Å². The number of ether oxygens (including phenoxy) is 2. The predicted octanol–water partition coefficient (Wildman–Crippen LogP) is 7.14. The van der Waals surface area contributed by atoms with Gasteiger partial charge in [-0.1, -0.05) is 20.3 Å². The summed E-state index contributed by atoms with van der Waals surface area (Å²) in [6.07, 6.45) is 11.5. The number of hydrogen-bond donors (Lipinski definition) is 0. The molecule has 0 radical (unpaired) electrons. The standard InChI is InChI=1S/C25H34O4S2/c1-3-5-20-14-21-22(30-20)15-23(31-21)25(27)29-19-12-8-17(9-13-19)16-6-10-18(11-7-16)28-24(26)4-2/h14-19H,3-13H2,1-2H3. The van der Waals surface area contributed by atoms with Crippen molar-refractivity contribution in [1.29, 1.82) is 0 Å². The van der Waals surface area contributed by atoms with E-state index in [-0.39, 0.29) is 24.1 Å². The van der Waals surface area contributed by atoms with E-state index in [4.69, 9.17) is 9.47 Å². The first kappa shape index (κ1) is 22.8. The molecule has 2 aromatic rings. The Morgan fingerprint density at radius 1 is 0.839 bits per heavy atom. The van der Waals surface area contributed by atoms with Crippen LogP contribution < -0.4 is 0 Å². The third-order valence-corrected chi connectivity index (χ3v) is 9.25. The van der Waals surface area contributed by atoms with Gasteiger partial charge in [0.05, 0.1) is 0 Å². The molecule has 4 rings (SSSR count). The van der Waals surface area contributed by atoms with E-state index in [0.29, 0.717) is 6.42 Å². The van der Waals surface area contributed by atoms with Gasteiger partial charge in [-0.3, -0.25) is 4.79 Å². The van der Waals surface area contributed by atoms with Gasteiger partial charge in [0.25, 0.3) is 0 Å². The minimum atomic E-state index is -0.146. The molecule has 6 heteroatoms. The second-order valence-corrected chi connectivity index (χ2v) is 11.4. The van der Waals surface area contributed by atoms with Gasteiger partial charge in [-0.25, -0.2) is 4.79 Å². The van der Waals surface area contributed by atoms with Crippen LogP contribution >= 0.6 is 22.7 Å². The van der Waals surface area contributed by atoms with Crippen LogP contribution in [0.25, 0.3) is 9.40 Å². The smallest absolute Gasteiger partial charge is 0.348 e. The van der Waals surface area contributed by atoms with Gasteiger partial charge in [-0.05, 0) is 81.8 Å². The molecule has 2 aliphatic carbocycles. The number of carbonyl (C=O) groups is 2. The normalized spacial score (nSPS) is 26.6. The highest BCUT2D eigenvalue weighted by molar-refractivity contribution is 7.28. The summed E-state index contributed by atoms with van der Waals surface area (Å²) in [6.45, 7) is 4.05. The van der Waals surface area contributed by atoms with E-state index in [9.17, 15) is 9.59 Å². The minimum Gasteiger partial charge on any atom is -0.462 e. The van der Waals surface area contributed by atoms with E-state index < -0.39 is 0 Å². The third-order valence-electron chi connectivity index (χ3n) is 6.92. The average molecular weight is 463 g/mol. The Kier molecular flexibility index (Phi) is 7.70. The fourth-order valence-corrected chi connectivity index (χ4v) is 7.60. The number of esters is 2. The lowest BCUT2D eigenvalue weighted by atomic mass is 9.72. The van der Waals surface area contributed by atoms with E-state index in [1.165, 1.54) is 14.3 Å². The summed E-state index contributed by atoms with van der Waals surface area (Å²) in [7, 11) is 0. The van der Waals surface area contributed by atoms with Gasteiger partial charge in [-0.15, -0.1) is 22.7 Å². The van der Waals surface area contributed by atoms with Crippen molar-refractivity contribution in [2.24, 2.45) is 11.8 Å². The van der Waals surface area contributed by atoms with Crippen LogP contribution in [-0.4, -0.2) is 24.1 Å². The molecule has 0 saturated heterocycles. The number of aryl methyl sites for hydroxylation is 1. The van der Waals surface area contributed by atoms with Gasteiger partial charge in [-0.2, -0.15) is 0 Å². The van der Waals surface area contributed by atoms with Gasteiger partial charge >= 0.3 is 11.9 Å². The highest BCUT2D eigenvalue weighted by Gasteiger charge is 2.33. The molecule has 170 valence electrons. The summed E-state index contributed by atoms with van der Waals surface area (Å²) in [6, 6.07) is 4.25. The summed E-state index contributed by atoms with van der Waals surface area (Å²) in [5, 5.41) is 0. The van der Waals surface area contributed by atoms with E-state index in [0.717, 1.165) is 80.9 Å². The second-order valence-electron chi connectivity index (χ2n) is 9.12. The second kappa shape index (κ2) is 10.5. The SMILES string of the molecule is CCCc1cc2sc(C(=O)OC3CCC(C4CCC(OC(=O)CC)CC4)CC3)cc2s1. The molecule has 2 heterocycles. The Balaban J connectivity index is 1.22. The molecular weight excluding hydrogens is 428 g/mol. The lowest BCUT2D eigenvalue weighted by molar-refractivity contribution is -0.150. The van der Waals surface area contributed by atoms with Crippen molar-refractivity contribution in [2.45, 2.75) is 96.7 Å². The van der Waals surface area contributed by atoms with Crippen molar-refractivity contribution < 1.29 is 19.1 Å². The van der Waals surface area contributed by atoms with Crippen LogP contribution in [0, 0.1) is 11.8 Å². The highest BCUT2D eigenvalue weighted by Crippen LogP contribution is 2.40. The first-order valence-corrected chi connectivity index (χ1v) is 13.6. The molecule has 0 N–H and O–H groups in total. The van der Waals surface area contributed by atoms with Crippen LogP contribution in [0.1, 0.15) is 92.6 Å². The molecule has 0 aliphatic heterocycles. The first-order valence-electron chi connectivity index (χ1n) is 12.0. The van der Waals surface area contributed by atoms with Crippen LogP contribution in [0.3, 0.4) is 0 Å². The molecule has 0 aromatic carbocycles. The summed E-state index contributed by atoms with van der Waals surface area (Å²) >= 11 is 3.37. The largest absolute Gasteiger partial charge is 0.462 e. The van der Waals surface area contributed by atoms with Crippen molar-refractivity contribution in [3.63, 3.8) is 0 Å². The van der Waals surface area contributed by atoms with Crippen molar-refractivity contribution in [3.05, 3.63) is 21.9 Å². The van der Waals surface area contributed by atoms with Gasteiger partial charge in [0.2, 0.25) is 0 Å². The van der Waals surface area contributed by atoms with Crippen molar-refractivity contribution >= 4 is 44.0 Å². The zero-order valence-corrected chi connectivity index (χ0v) is 20.3. The van der Waals surface area contributed by atoms with Gasteiger partial charge in [0.1, 0.15) is 17.1 Å². The van der Waals surface area contributed by atoms with E-state index >= 15 is 0 Å². The van der Waals surface area contributed by atoms with Crippen LogP contribution in [0.2, 0.25) is 0 Å². The Bertz CT molecular complexity index is 851. The molecule has 0 bridgehead atoms. The third kappa shape index (κ3) is 5.70. The van der Waals surface area contributed by atoms with Gasteiger partial charge < -0.3 is 9.47 Å². The van der Waals surface area contributed by atoms with Crippen molar-refractivity contribution in [1.82, 2.24) is 0 Å². The monoisotopic (exact) mass is 462 g/mol. The fourth-order valence-electron chi connectivity index (χ4n) is 5.19. The Hall–Kier alpha value is -1.40. The van der Waals surface area contributed by atoms with E-state index in [1.54, 1.807) is 22.7 Å².